The third-order valence-electron chi connectivity index (χ3n) is 2.77. The molecule has 2 N–H and O–H groups in total. The fourth-order valence-electron chi connectivity index (χ4n) is 1.67. The Hall–Kier alpha value is -1.55. The van der Waals surface area contributed by atoms with E-state index in [0.717, 1.165) is 4.90 Å². The SMILES string of the molecule is CCS(=O)(=O)C1CSCCN1C(=O)NC(=O)C=CC(=O)O. The average molecular weight is 336 g/mol. The quantitative estimate of drug-likeness (QED) is 0.674. The number of imide groups is 1. The van der Waals surface area contributed by atoms with Crippen molar-refractivity contribution in [3.63, 3.8) is 0 Å². The topological polar surface area (TPSA) is 121 Å². The highest BCUT2D eigenvalue weighted by atomic mass is 32.2. The predicted octanol–water partition coefficient (Wildman–Crippen LogP) is -0.327. The minimum absolute atomic E-state index is 0.102. The average Bonchev–Trinajstić information content (AvgIpc) is 2.45. The molecule has 0 saturated carbocycles. The fourth-order valence-corrected chi connectivity index (χ4v) is 4.63. The van der Waals surface area contributed by atoms with Gasteiger partial charge in [0.2, 0.25) is 0 Å². The van der Waals surface area contributed by atoms with Crippen LogP contribution in [0.5, 0.6) is 0 Å². The molecule has 8 nitrogen and oxygen atoms in total. The minimum Gasteiger partial charge on any atom is -0.478 e. The molecule has 1 saturated heterocycles. The van der Waals surface area contributed by atoms with Gasteiger partial charge in [-0.1, -0.05) is 6.92 Å². The molecule has 1 fully saturated rings. The van der Waals surface area contributed by atoms with Crippen molar-refractivity contribution in [1.29, 1.82) is 0 Å². The van der Waals surface area contributed by atoms with Crippen LogP contribution in [0.1, 0.15) is 6.92 Å². The van der Waals surface area contributed by atoms with Crippen LogP contribution in [-0.4, -0.2) is 65.5 Å². The number of aliphatic carboxylic acids is 1. The molecule has 10 heteroatoms. The van der Waals surface area contributed by atoms with Crippen LogP contribution in [0.25, 0.3) is 0 Å². The number of hydrogen-bond donors (Lipinski definition) is 2. The molecule has 0 bridgehead atoms. The summed E-state index contributed by atoms with van der Waals surface area (Å²) >= 11 is 1.42. The molecule has 1 heterocycles. The van der Waals surface area contributed by atoms with E-state index >= 15 is 0 Å². The monoisotopic (exact) mass is 336 g/mol. The predicted molar refractivity (Wildman–Crippen MR) is 77.6 cm³/mol. The summed E-state index contributed by atoms with van der Waals surface area (Å²) in [5.41, 5.74) is 0. The maximum Gasteiger partial charge on any atom is 0.328 e. The summed E-state index contributed by atoms with van der Waals surface area (Å²) in [6, 6.07) is -0.836. The molecule has 0 aromatic carbocycles. The zero-order valence-corrected chi connectivity index (χ0v) is 12.9. The highest BCUT2D eigenvalue weighted by Crippen LogP contribution is 2.21. The Morgan fingerprint density at radius 1 is 1.38 bits per heavy atom. The third-order valence-corrected chi connectivity index (χ3v) is 6.06. The van der Waals surface area contributed by atoms with E-state index in [1.54, 1.807) is 0 Å². The van der Waals surface area contributed by atoms with Gasteiger partial charge in [0.1, 0.15) is 5.37 Å². The van der Waals surface area contributed by atoms with Crippen molar-refractivity contribution in [1.82, 2.24) is 10.2 Å². The van der Waals surface area contributed by atoms with Gasteiger partial charge in [-0.15, -0.1) is 0 Å². The highest BCUT2D eigenvalue weighted by Gasteiger charge is 2.36. The van der Waals surface area contributed by atoms with Gasteiger partial charge in [-0.05, 0) is 0 Å². The van der Waals surface area contributed by atoms with Gasteiger partial charge < -0.3 is 10.0 Å². The van der Waals surface area contributed by atoms with E-state index in [9.17, 15) is 22.8 Å². The largest absolute Gasteiger partial charge is 0.478 e. The molecule has 0 aliphatic carbocycles. The van der Waals surface area contributed by atoms with Crippen molar-refractivity contribution >= 4 is 39.5 Å². The van der Waals surface area contributed by atoms with E-state index in [2.05, 4.69) is 0 Å². The Bertz CT molecular complexity index is 557. The van der Waals surface area contributed by atoms with Crippen LogP contribution < -0.4 is 5.32 Å². The molecule has 1 rings (SSSR count). The Kier molecular flexibility index (Phi) is 6.21. The summed E-state index contributed by atoms with van der Waals surface area (Å²) in [6.07, 6.45) is 1.29. The summed E-state index contributed by atoms with van der Waals surface area (Å²) in [5.74, 6) is -1.51. The first-order valence-corrected chi connectivity index (χ1v) is 8.97. The second-order valence-corrected chi connectivity index (χ2v) is 7.74. The smallest absolute Gasteiger partial charge is 0.328 e. The van der Waals surface area contributed by atoms with Crippen molar-refractivity contribution in [3.05, 3.63) is 12.2 Å². The summed E-state index contributed by atoms with van der Waals surface area (Å²) < 4.78 is 23.9. The summed E-state index contributed by atoms with van der Waals surface area (Å²) in [6.45, 7) is 1.70. The Morgan fingerprint density at radius 2 is 2.05 bits per heavy atom. The molecule has 0 spiro atoms. The first-order valence-electron chi connectivity index (χ1n) is 6.10. The maximum absolute atomic E-state index is 12.0. The second kappa shape index (κ2) is 7.46. The lowest BCUT2D eigenvalue weighted by Gasteiger charge is -2.34. The number of carbonyl (C=O) groups is 3. The Labute approximate surface area is 126 Å². The van der Waals surface area contributed by atoms with E-state index in [-0.39, 0.29) is 18.1 Å². The number of sulfone groups is 1. The molecular formula is C11H16N2O6S2. The van der Waals surface area contributed by atoms with E-state index in [1.165, 1.54) is 18.7 Å². The van der Waals surface area contributed by atoms with Crippen LogP contribution in [0.2, 0.25) is 0 Å². The molecule has 0 aromatic rings. The first kappa shape index (κ1) is 17.5. The molecule has 1 unspecified atom stereocenters. The molecular weight excluding hydrogens is 320 g/mol. The molecule has 1 aliphatic rings. The zero-order valence-electron chi connectivity index (χ0n) is 11.3. The van der Waals surface area contributed by atoms with Gasteiger partial charge in [0.05, 0.1) is 0 Å². The van der Waals surface area contributed by atoms with Crippen molar-refractivity contribution in [2.75, 3.05) is 23.8 Å². The number of carboxylic acids is 1. The van der Waals surface area contributed by atoms with Gasteiger partial charge in [0.25, 0.3) is 5.91 Å². The van der Waals surface area contributed by atoms with Gasteiger partial charge in [-0.25, -0.2) is 18.0 Å². The highest BCUT2D eigenvalue weighted by molar-refractivity contribution is 8.01. The second-order valence-electron chi connectivity index (χ2n) is 4.14. The summed E-state index contributed by atoms with van der Waals surface area (Å²) in [7, 11) is -3.46. The maximum atomic E-state index is 12.0. The van der Waals surface area contributed by atoms with Crippen LogP contribution in [0, 0.1) is 0 Å². The lowest BCUT2D eigenvalue weighted by molar-refractivity contribution is -0.131. The third kappa shape index (κ3) is 5.05. The van der Waals surface area contributed by atoms with Gasteiger partial charge in [-0.3, -0.25) is 10.1 Å². The first-order chi connectivity index (χ1) is 9.77. The number of thioether (sulfide) groups is 1. The van der Waals surface area contributed by atoms with Gasteiger partial charge >= 0.3 is 12.0 Å². The lowest BCUT2D eigenvalue weighted by atomic mass is 10.4. The Balaban J connectivity index is 2.79. The molecule has 1 atom stereocenters. The lowest BCUT2D eigenvalue weighted by Crippen LogP contribution is -2.54. The van der Waals surface area contributed by atoms with E-state index in [4.69, 9.17) is 5.11 Å². The number of carboxylic acid groups (broad SMARTS) is 1. The molecule has 1 aliphatic heterocycles. The van der Waals surface area contributed by atoms with Gasteiger partial charge in [0.15, 0.2) is 9.84 Å². The summed E-state index contributed by atoms with van der Waals surface area (Å²) in [5, 5.41) is 9.36. The van der Waals surface area contributed by atoms with Crippen molar-refractivity contribution < 1.29 is 27.9 Å². The van der Waals surface area contributed by atoms with Gasteiger partial charge in [0, 0.05) is 36.0 Å². The van der Waals surface area contributed by atoms with Crippen LogP contribution in [0.4, 0.5) is 4.79 Å². The van der Waals surface area contributed by atoms with Crippen LogP contribution >= 0.6 is 11.8 Å². The van der Waals surface area contributed by atoms with E-state index < -0.39 is 33.1 Å². The number of nitrogens with zero attached hydrogens (tertiary/aromatic N) is 1. The normalized spacial score (nSPS) is 19.5. The zero-order chi connectivity index (χ0) is 16.0. The van der Waals surface area contributed by atoms with Gasteiger partial charge in [-0.2, -0.15) is 11.8 Å². The molecule has 118 valence electrons. The van der Waals surface area contributed by atoms with Crippen LogP contribution in [0.15, 0.2) is 12.2 Å². The van der Waals surface area contributed by atoms with E-state index in [0.29, 0.717) is 17.9 Å². The van der Waals surface area contributed by atoms with Crippen LogP contribution in [-0.2, 0) is 19.4 Å². The standard InChI is InChI=1S/C11H16N2O6S2/c1-2-21(18,19)9-7-20-6-5-13(9)11(17)12-8(14)3-4-10(15)16/h3-4,9H,2,5-7H2,1H3,(H,15,16)(H,12,14,17). The Morgan fingerprint density at radius 3 is 2.62 bits per heavy atom. The molecule has 0 aromatic heterocycles. The van der Waals surface area contributed by atoms with Crippen LogP contribution in [0.3, 0.4) is 0 Å². The van der Waals surface area contributed by atoms with Crippen molar-refractivity contribution in [3.8, 4) is 0 Å². The number of rotatable bonds is 4. The fraction of sp³-hybridized carbons (Fsp3) is 0.545. The molecule has 0 radical (unpaired) electrons. The number of carbonyl (C=O) groups excluding carboxylic acids is 2. The molecule has 21 heavy (non-hydrogen) atoms. The van der Waals surface area contributed by atoms with Crippen molar-refractivity contribution in [2.24, 2.45) is 0 Å². The minimum atomic E-state index is -3.46. The molecule has 3 amide bonds. The number of hydrogen-bond acceptors (Lipinski definition) is 6. The number of amides is 3. The summed E-state index contributed by atoms with van der Waals surface area (Å²) in [4.78, 5) is 34.7. The number of nitrogens with one attached hydrogen (secondary N) is 1. The number of urea groups is 1. The van der Waals surface area contributed by atoms with Crippen molar-refractivity contribution in [2.45, 2.75) is 12.3 Å². The van der Waals surface area contributed by atoms with E-state index in [1.807, 2.05) is 5.32 Å².